The van der Waals surface area contributed by atoms with E-state index in [2.05, 4.69) is 15.0 Å². The third-order valence-corrected chi connectivity index (χ3v) is 6.27. The lowest BCUT2D eigenvalue weighted by molar-refractivity contribution is 0.355. The number of benzene rings is 2. The first kappa shape index (κ1) is 22.7. The standard InChI is InChI=1S/C23H27N3O4S/c1-17(13-18-7-8-21(29-2)22(14-18)30-3)15-25-11-12-26-31(27,28)23-6-4-5-19-16-24-10-9-20(19)23/h4-10,13-14,16,25-26H,11-12,15H2,1-3H3/b17-13+. The monoisotopic (exact) mass is 441 g/mol. The highest BCUT2D eigenvalue weighted by Crippen LogP contribution is 2.28. The Morgan fingerprint density at radius 1 is 1.06 bits per heavy atom. The summed E-state index contributed by atoms with van der Waals surface area (Å²) in [5.74, 6) is 1.36. The summed E-state index contributed by atoms with van der Waals surface area (Å²) in [5, 5.41) is 4.71. The second-order valence-electron chi connectivity index (χ2n) is 7.03. The van der Waals surface area contributed by atoms with Gasteiger partial charge in [-0.2, -0.15) is 0 Å². The van der Waals surface area contributed by atoms with Crippen molar-refractivity contribution in [3.05, 3.63) is 66.0 Å². The van der Waals surface area contributed by atoms with E-state index in [0.29, 0.717) is 30.0 Å². The van der Waals surface area contributed by atoms with E-state index in [9.17, 15) is 8.42 Å². The van der Waals surface area contributed by atoms with Crippen LogP contribution in [-0.2, 0) is 10.0 Å². The molecule has 164 valence electrons. The number of methoxy groups -OCH3 is 2. The first-order valence-corrected chi connectivity index (χ1v) is 11.4. The summed E-state index contributed by atoms with van der Waals surface area (Å²) in [7, 11) is -0.396. The van der Waals surface area contributed by atoms with Crippen molar-refractivity contribution in [3.8, 4) is 11.5 Å². The predicted octanol–water partition coefficient (Wildman–Crippen LogP) is 3.22. The van der Waals surface area contributed by atoms with Crippen molar-refractivity contribution in [1.82, 2.24) is 15.0 Å². The van der Waals surface area contributed by atoms with Crippen molar-refractivity contribution in [1.29, 1.82) is 0 Å². The third kappa shape index (κ3) is 5.81. The molecule has 1 aromatic heterocycles. The minimum Gasteiger partial charge on any atom is -0.493 e. The van der Waals surface area contributed by atoms with E-state index in [1.807, 2.05) is 37.3 Å². The van der Waals surface area contributed by atoms with Gasteiger partial charge in [0, 0.05) is 42.8 Å². The van der Waals surface area contributed by atoms with Crippen LogP contribution in [0.3, 0.4) is 0 Å². The Balaban J connectivity index is 1.53. The zero-order chi connectivity index (χ0) is 22.3. The topological polar surface area (TPSA) is 89.6 Å². The molecule has 8 heteroatoms. The molecule has 0 atom stereocenters. The molecule has 0 spiro atoms. The number of aromatic nitrogens is 1. The molecule has 2 N–H and O–H groups in total. The molecular formula is C23H27N3O4S. The summed E-state index contributed by atoms with van der Waals surface area (Å²) < 4.78 is 38.6. The Bertz CT molecular complexity index is 1170. The fraction of sp³-hybridized carbons (Fsp3) is 0.261. The average molecular weight is 442 g/mol. The second kappa shape index (κ2) is 10.4. The molecule has 0 saturated heterocycles. The van der Waals surface area contributed by atoms with Crippen LogP contribution in [0.25, 0.3) is 16.8 Å². The van der Waals surface area contributed by atoms with Crippen LogP contribution < -0.4 is 19.5 Å². The van der Waals surface area contributed by atoms with Gasteiger partial charge in [-0.3, -0.25) is 4.98 Å². The van der Waals surface area contributed by atoms with E-state index in [0.717, 1.165) is 16.5 Å². The van der Waals surface area contributed by atoms with Gasteiger partial charge in [0.05, 0.1) is 19.1 Å². The fourth-order valence-electron chi connectivity index (χ4n) is 3.24. The molecule has 0 aliphatic heterocycles. The molecule has 0 saturated carbocycles. The summed E-state index contributed by atoms with van der Waals surface area (Å²) in [6.45, 7) is 3.43. The number of rotatable bonds is 10. The van der Waals surface area contributed by atoms with Crippen LogP contribution in [0.15, 0.2) is 65.3 Å². The molecule has 0 amide bonds. The van der Waals surface area contributed by atoms with Gasteiger partial charge in [0.15, 0.2) is 11.5 Å². The number of hydrogen-bond acceptors (Lipinski definition) is 6. The molecule has 0 radical (unpaired) electrons. The fourth-order valence-corrected chi connectivity index (χ4v) is 4.50. The second-order valence-corrected chi connectivity index (χ2v) is 8.77. The highest BCUT2D eigenvalue weighted by Gasteiger charge is 2.16. The van der Waals surface area contributed by atoms with Crippen LogP contribution in [0.4, 0.5) is 0 Å². The third-order valence-electron chi connectivity index (χ3n) is 4.75. The molecule has 1 heterocycles. The summed E-state index contributed by atoms with van der Waals surface area (Å²) in [6, 6.07) is 12.6. The Kier molecular flexibility index (Phi) is 7.62. The van der Waals surface area contributed by atoms with E-state index in [4.69, 9.17) is 9.47 Å². The van der Waals surface area contributed by atoms with Crippen molar-refractivity contribution >= 4 is 26.9 Å². The Morgan fingerprint density at radius 2 is 1.87 bits per heavy atom. The summed E-state index contributed by atoms with van der Waals surface area (Å²) >= 11 is 0. The molecule has 31 heavy (non-hydrogen) atoms. The van der Waals surface area contributed by atoms with E-state index in [1.165, 1.54) is 0 Å². The summed E-state index contributed by atoms with van der Waals surface area (Å²) in [6.07, 6.45) is 5.29. The molecule has 0 fully saturated rings. The van der Waals surface area contributed by atoms with Crippen molar-refractivity contribution in [2.75, 3.05) is 33.9 Å². The SMILES string of the molecule is COc1ccc(/C=C(\C)CNCCNS(=O)(=O)c2cccc3cnccc23)cc1OC. The maximum atomic E-state index is 12.7. The van der Waals surface area contributed by atoms with E-state index >= 15 is 0 Å². The van der Waals surface area contributed by atoms with Crippen molar-refractivity contribution < 1.29 is 17.9 Å². The van der Waals surface area contributed by atoms with Gasteiger partial charge in [0.2, 0.25) is 10.0 Å². The number of hydrogen-bond donors (Lipinski definition) is 2. The number of ether oxygens (including phenoxy) is 2. The molecule has 2 aromatic carbocycles. The molecule has 0 bridgehead atoms. The number of fused-ring (bicyclic) bond motifs is 1. The van der Waals surface area contributed by atoms with Crippen molar-refractivity contribution in [2.45, 2.75) is 11.8 Å². The lowest BCUT2D eigenvalue weighted by Crippen LogP contribution is -2.32. The maximum absolute atomic E-state index is 12.7. The highest BCUT2D eigenvalue weighted by molar-refractivity contribution is 7.89. The molecule has 0 unspecified atom stereocenters. The average Bonchev–Trinajstić information content (AvgIpc) is 2.78. The molecule has 3 aromatic rings. The van der Waals surface area contributed by atoms with E-state index in [1.54, 1.807) is 44.8 Å². The Labute approximate surface area is 183 Å². The first-order chi connectivity index (χ1) is 14.9. The van der Waals surface area contributed by atoms with E-state index < -0.39 is 10.0 Å². The normalized spacial score (nSPS) is 12.2. The highest BCUT2D eigenvalue weighted by atomic mass is 32.2. The van der Waals surface area contributed by atoms with Crippen LogP contribution in [0.2, 0.25) is 0 Å². The number of nitrogens with one attached hydrogen (secondary N) is 2. The quantitative estimate of drug-likeness (QED) is 0.470. The minimum absolute atomic E-state index is 0.261. The van der Waals surface area contributed by atoms with Crippen LogP contribution in [0.1, 0.15) is 12.5 Å². The lowest BCUT2D eigenvalue weighted by Gasteiger charge is -2.11. The number of nitrogens with zero attached hydrogens (tertiary/aromatic N) is 1. The van der Waals surface area contributed by atoms with Crippen molar-refractivity contribution in [2.24, 2.45) is 0 Å². The molecule has 0 aliphatic carbocycles. The minimum atomic E-state index is -3.61. The molecule has 0 aliphatic rings. The van der Waals surface area contributed by atoms with Gasteiger partial charge < -0.3 is 14.8 Å². The molecular weight excluding hydrogens is 414 g/mol. The van der Waals surface area contributed by atoms with Crippen LogP contribution in [0, 0.1) is 0 Å². The zero-order valence-corrected chi connectivity index (χ0v) is 18.7. The van der Waals surface area contributed by atoms with Crippen LogP contribution >= 0.6 is 0 Å². The van der Waals surface area contributed by atoms with Gasteiger partial charge in [0.1, 0.15) is 0 Å². The summed E-state index contributed by atoms with van der Waals surface area (Å²) in [4.78, 5) is 4.30. The largest absolute Gasteiger partial charge is 0.493 e. The van der Waals surface area contributed by atoms with Gasteiger partial charge in [-0.25, -0.2) is 13.1 Å². The predicted molar refractivity (Wildman–Crippen MR) is 123 cm³/mol. The molecule has 3 rings (SSSR count). The van der Waals surface area contributed by atoms with Gasteiger partial charge in [0.25, 0.3) is 0 Å². The van der Waals surface area contributed by atoms with E-state index in [-0.39, 0.29) is 11.4 Å². The molecule has 7 nitrogen and oxygen atoms in total. The van der Waals surface area contributed by atoms with Crippen LogP contribution in [0.5, 0.6) is 11.5 Å². The first-order valence-electron chi connectivity index (χ1n) is 9.87. The van der Waals surface area contributed by atoms with Gasteiger partial charge in [-0.15, -0.1) is 0 Å². The van der Waals surface area contributed by atoms with Crippen molar-refractivity contribution in [3.63, 3.8) is 0 Å². The van der Waals surface area contributed by atoms with Gasteiger partial charge >= 0.3 is 0 Å². The summed E-state index contributed by atoms with van der Waals surface area (Å²) in [5.41, 5.74) is 2.11. The number of sulfonamides is 1. The van der Waals surface area contributed by atoms with Gasteiger partial charge in [-0.1, -0.05) is 29.8 Å². The maximum Gasteiger partial charge on any atom is 0.241 e. The van der Waals surface area contributed by atoms with Crippen LogP contribution in [-0.4, -0.2) is 47.3 Å². The zero-order valence-electron chi connectivity index (χ0n) is 17.9. The smallest absolute Gasteiger partial charge is 0.241 e. The Morgan fingerprint density at radius 3 is 2.65 bits per heavy atom. The lowest BCUT2D eigenvalue weighted by atomic mass is 10.1. The number of pyridine rings is 1. The Hall–Kier alpha value is -2.94. The van der Waals surface area contributed by atoms with Gasteiger partial charge in [-0.05, 0) is 36.8 Å².